The van der Waals surface area contributed by atoms with Gasteiger partial charge >= 0.3 is 0 Å². The molecule has 0 unspecified atom stereocenters. The van der Waals surface area contributed by atoms with Crippen molar-refractivity contribution in [3.63, 3.8) is 0 Å². The van der Waals surface area contributed by atoms with Crippen molar-refractivity contribution in [2.24, 2.45) is 11.7 Å². The average Bonchev–Trinajstić information content (AvgIpc) is 2.92. The molecule has 1 amide bonds. The van der Waals surface area contributed by atoms with E-state index in [9.17, 15) is 9.90 Å². The number of carbonyl (C=O) groups is 1. The van der Waals surface area contributed by atoms with E-state index in [1.807, 2.05) is 29.7 Å². The number of fused-ring (bicyclic) bond motifs is 1. The fourth-order valence-corrected chi connectivity index (χ4v) is 3.08. The van der Waals surface area contributed by atoms with Crippen LogP contribution in [0.25, 0.3) is 5.65 Å². The summed E-state index contributed by atoms with van der Waals surface area (Å²) in [7, 11) is 0. The van der Waals surface area contributed by atoms with Crippen LogP contribution < -0.4 is 11.1 Å². The van der Waals surface area contributed by atoms with Crippen LogP contribution in [-0.2, 0) is 11.3 Å². The molecule has 0 radical (unpaired) electrons. The number of aryl methyl sites for hydroxylation is 1. The first-order valence-corrected chi connectivity index (χ1v) is 7.69. The first-order valence-electron chi connectivity index (χ1n) is 7.69. The zero-order valence-corrected chi connectivity index (χ0v) is 15.1. The highest BCUT2D eigenvalue weighted by Gasteiger charge is 2.30. The first-order chi connectivity index (χ1) is 10.6. The molecule has 0 aliphatic heterocycles. The van der Waals surface area contributed by atoms with Crippen molar-refractivity contribution in [2.45, 2.75) is 44.9 Å². The largest absolute Gasteiger partial charge is 0.392 e. The lowest BCUT2D eigenvalue weighted by atomic mass is 9.84. The maximum absolute atomic E-state index is 12.3. The van der Waals surface area contributed by atoms with Crippen molar-refractivity contribution in [1.82, 2.24) is 14.7 Å². The molecule has 3 atom stereocenters. The van der Waals surface area contributed by atoms with Crippen LogP contribution in [0.5, 0.6) is 0 Å². The van der Waals surface area contributed by atoms with Gasteiger partial charge in [0.25, 0.3) is 0 Å². The number of aliphatic hydroxyl groups is 1. The van der Waals surface area contributed by atoms with Gasteiger partial charge in [-0.2, -0.15) is 0 Å². The van der Waals surface area contributed by atoms with Crippen molar-refractivity contribution in [3.8, 4) is 0 Å². The van der Waals surface area contributed by atoms with E-state index in [0.717, 1.165) is 16.9 Å². The molecule has 134 valence electrons. The number of halogens is 2. The fraction of sp³-hybridized carbons (Fsp3) is 0.500. The molecular formula is C16H24Cl2N4O2. The van der Waals surface area contributed by atoms with Crippen LogP contribution in [0.4, 0.5) is 0 Å². The summed E-state index contributed by atoms with van der Waals surface area (Å²) in [6, 6.07) is 3.68. The number of carbonyl (C=O) groups excluding carboxylic acids is 1. The van der Waals surface area contributed by atoms with Crippen LogP contribution in [0.2, 0.25) is 0 Å². The molecule has 0 bridgehead atoms. The summed E-state index contributed by atoms with van der Waals surface area (Å²) in [4.78, 5) is 16.7. The van der Waals surface area contributed by atoms with Crippen molar-refractivity contribution in [1.29, 1.82) is 0 Å². The topological polar surface area (TPSA) is 92.6 Å². The van der Waals surface area contributed by atoms with E-state index in [-0.39, 0.29) is 42.7 Å². The summed E-state index contributed by atoms with van der Waals surface area (Å²) < 4.78 is 1.99. The van der Waals surface area contributed by atoms with Crippen LogP contribution in [0, 0.1) is 12.8 Å². The summed E-state index contributed by atoms with van der Waals surface area (Å²) in [5.41, 5.74) is 8.81. The fourth-order valence-electron chi connectivity index (χ4n) is 3.08. The lowest BCUT2D eigenvalue weighted by Gasteiger charge is -2.29. The maximum Gasteiger partial charge on any atom is 0.223 e. The van der Waals surface area contributed by atoms with Gasteiger partial charge in [0.2, 0.25) is 5.91 Å². The zero-order chi connectivity index (χ0) is 15.7. The normalized spacial score (nSPS) is 23.2. The molecule has 1 aliphatic carbocycles. The molecule has 0 aromatic carbocycles. The molecule has 1 aliphatic rings. The highest BCUT2D eigenvalue weighted by molar-refractivity contribution is 5.85. The SMILES string of the molecule is Cc1cccn2c(CNC(=O)[C@H]3CC[C@@H](O)[C@H](N)C3)cnc12.Cl.Cl. The second kappa shape index (κ2) is 8.67. The Kier molecular flexibility index (Phi) is 7.48. The minimum Gasteiger partial charge on any atom is -0.392 e. The van der Waals surface area contributed by atoms with Crippen molar-refractivity contribution in [2.75, 3.05) is 0 Å². The molecule has 4 N–H and O–H groups in total. The number of nitrogens with one attached hydrogen (secondary N) is 1. The average molecular weight is 375 g/mol. The first kappa shape index (κ1) is 20.7. The van der Waals surface area contributed by atoms with Gasteiger partial charge in [-0.05, 0) is 37.8 Å². The molecule has 0 spiro atoms. The predicted molar refractivity (Wildman–Crippen MR) is 97.6 cm³/mol. The zero-order valence-electron chi connectivity index (χ0n) is 13.5. The number of rotatable bonds is 3. The molecule has 8 heteroatoms. The van der Waals surface area contributed by atoms with Crippen molar-refractivity contribution >= 4 is 36.4 Å². The minimum absolute atomic E-state index is 0. The van der Waals surface area contributed by atoms with E-state index in [2.05, 4.69) is 10.3 Å². The number of nitrogens with zero attached hydrogens (tertiary/aromatic N) is 2. The summed E-state index contributed by atoms with van der Waals surface area (Å²) in [5, 5.41) is 12.6. The molecule has 2 aromatic heterocycles. The van der Waals surface area contributed by atoms with Gasteiger partial charge in [0.15, 0.2) is 0 Å². The Morgan fingerprint density at radius 1 is 1.46 bits per heavy atom. The Bertz CT molecular complexity index is 692. The summed E-state index contributed by atoms with van der Waals surface area (Å²) in [5.74, 6) is -0.107. The van der Waals surface area contributed by atoms with E-state index >= 15 is 0 Å². The monoisotopic (exact) mass is 374 g/mol. The Labute approximate surface area is 153 Å². The second-order valence-corrected chi connectivity index (χ2v) is 6.09. The van der Waals surface area contributed by atoms with Crippen LogP contribution >= 0.6 is 24.8 Å². The number of hydrogen-bond acceptors (Lipinski definition) is 4. The third-order valence-electron chi connectivity index (χ3n) is 4.48. The summed E-state index contributed by atoms with van der Waals surface area (Å²) in [6.07, 6.45) is 5.08. The van der Waals surface area contributed by atoms with Crippen LogP contribution in [0.15, 0.2) is 24.5 Å². The van der Waals surface area contributed by atoms with E-state index in [0.29, 0.717) is 25.8 Å². The van der Waals surface area contributed by atoms with Gasteiger partial charge in [-0.25, -0.2) is 4.98 Å². The Morgan fingerprint density at radius 3 is 2.92 bits per heavy atom. The van der Waals surface area contributed by atoms with Crippen molar-refractivity contribution in [3.05, 3.63) is 35.8 Å². The van der Waals surface area contributed by atoms with Gasteiger partial charge in [-0.15, -0.1) is 24.8 Å². The Balaban J connectivity index is 0.00000144. The van der Waals surface area contributed by atoms with E-state index in [1.165, 1.54) is 0 Å². The molecule has 1 saturated carbocycles. The smallest absolute Gasteiger partial charge is 0.223 e. The molecule has 1 fully saturated rings. The third kappa shape index (κ3) is 4.19. The van der Waals surface area contributed by atoms with Gasteiger partial charge in [-0.1, -0.05) is 6.07 Å². The number of imidazole rings is 1. The predicted octanol–water partition coefficient (Wildman–Crippen LogP) is 1.59. The quantitative estimate of drug-likeness (QED) is 0.760. The highest BCUT2D eigenvalue weighted by atomic mass is 35.5. The molecule has 24 heavy (non-hydrogen) atoms. The Hall–Kier alpha value is -1.34. The number of hydrogen-bond donors (Lipinski definition) is 3. The standard InChI is InChI=1S/C16H22N4O2.2ClH/c1-10-3-2-6-20-12(8-18-15(10)20)9-19-16(22)11-4-5-14(21)13(17)7-11;;/h2-3,6,8,11,13-14,21H,4-5,7,9,17H2,1H3,(H,19,22);2*1H/t11-,13+,14+;;/m0../s1. The minimum atomic E-state index is -0.481. The lowest BCUT2D eigenvalue weighted by Crippen LogP contribution is -2.44. The van der Waals surface area contributed by atoms with Gasteiger partial charge < -0.3 is 20.6 Å². The van der Waals surface area contributed by atoms with Gasteiger partial charge in [0.05, 0.1) is 24.5 Å². The second-order valence-electron chi connectivity index (χ2n) is 6.09. The molecule has 3 rings (SSSR count). The molecule has 6 nitrogen and oxygen atoms in total. The summed E-state index contributed by atoms with van der Waals surface area (Å²) >= 11 is 0. The number of nitrogens with two attached hydrogens (primary N) is 1. The van der Waals surface area contributed by atoms with E-state index < -0.39 is 6.10 Å². The molecular weight excluding hydrogens is 351 g/mol. The summed E-state index contributed by atoms with van der Waals surface area (Å²) in [6.45, 7) is 2.46. The highest BCUT2D eigenvalue weighted by Crippen LogP contribution is 2.23. The van der Waals surface area contributed by atoms with Gasteiger partial charge in [-0.3, -0.25) is 4.79 Å². The third-order valence-corrected chi connectivity index (χ3v) is 4.48. The Morgan fingerprint density at radius 2 is 2.21 bits per heavy atom. The number of aliphatic hydroxyl groups excluding tert-OH is 1. The van der Waals surface area contributed by atoms with Crippen LogP contribution in [-0.4, -0.2) is 32.5 Å². The molecule has 2 heterocycles. The number of pyridine rings is 1. The maximum atomic E-state index is 12.3. The van der Waals surface area contributed by atoms with Crippen LogP contribution in [0.1, 0.15) is 30.5 Å². The van der Waals surface area contributed by atoms with E-state index in [1.54, 1.807) is 6.20 Å². The number of aromatic nitrogens is 2. The number of amides is 1. The van der Waals surface area contributed by atoms with Gasteiger partial charge in [0.1, 0.15) is 5.65 Å². The lowest BCUT2D eigenvalue weighted by molar-refractivity contribution is -0.127. The van der Waals surface area contributed by atoms with Crippen molar-refractivity contribution < 1.29 is 9.90 Å². The molecule has 0 saturated heterocycles. The van der Waals surface area contributed by atoms with E-state index in [4.69, 9.17) is 5.73 Å². The molecule has 2 aromatic rings. The van der Waals surface area contributed by atoms with Crippen LogP contribution in [0.3, 0.4) is 0 Å². The van der Waals surface area contributed by atoms with Gasteiger partial charge in [0, 0.05) is 18.2 Å².